The second-order valence-corrected chi connectivity index (χ2v) is 5.49. The summed E-state index contributed by atoms with van der Waals surface area (Å²) in [5, 5.41) is 4.32. The van der Waals surface area contributed by atoms with Gasteiger partial charge in [-0.25, -0.2) is 5.43 Å². The molecule has 0 aromatic carbocycles. The van der Waals surface area contributed by atoms with Crippen LogP contribution in [0.3, 0.4) is 0 Å². The minimum absolute atomic E-state index is 0.148. The van der Waals surface area contributed by atoms with Gasteiger partial charge >= 0.3 is 0 Å². The smallest absolute Gasteiger partial charge is 0.0791 e. The summed E-state index contributed by atoms with van der Waals surface area (Å²) in [5.74, 6) is 8.07. The van der Waals surface area contributed by atoms with Gasteiger partial charge in [-0.05, 0) is 20.0 Å². The number of hydrazine groups is 1. The second-order valence-electron chi connectivity index (χ2n) is 4.34. The molecule has 17 heavy (non-hydrogen) atoms. The van der Waals surface area contributed by atoms with Crippen molar-refractivity contribution in [2.75, 3.05) is 25.1 Å². The van der Waals surface area contributed by atoms with Gasteiger partial charge in [-0.3, -0.25) is 15.4 Å². The number of aryl methyl sites for hydroxylation is 1. The lowest BCUT2D eigenvalue weighted by atomic mass is 10.1. The quantitative estimate of drug-likeness (QED) is 0.604. The van der Waals surface area contributed by atoms with E-state index >= 15 is 0 Å². The number of nitrogens with zero attached hydrogens (tertiary/aromatic N) is 3. The van der Waals surface area contributed by atoms with Crippen molar-refractivity contribution < 1.29 is 0 Å². The lowest BCUT2D eigenvalue weighted by Crippen LogP contribution is -2.50. The average molecular weight is 255 g/mol. The maximum atomic E-state index is 5.75. The van der Waals surface area contributed by atoms with Crippen LogP contribution in [0, 0.1) is 0 Å². The van der Waals surface area contributed by atoms with E-state index in [4.69, 9.17) is 5.84 Å². The normalized spacial score (nSPS) is 23.8. The predicted octanol–water partition coefficient (Wildman–Crippen LogP) is 0.455. The van der Waals surface area contributed by atoms with Crippen LogP contribution in [0.4, 0.5) is 0 Å². The molecule has 0 bridgehead atoms. The van der Waals surface area contributed by atoms with Gasteiger partial charge in [0.15, 0.2) is 0 Å². The van der Waals surface area contributed by atoms with Crippen LogP contribution in [0.5, 0.6) is 0 Å². The molecule has 1 aliphatic heterocycles. The molecule has 1 fully saturated rings. The van der Waals surface area contributed by atoms with E-state index in [9.17, 15) is 0 Å². The van der Waals surface area contributed by atoms with E-state index in [0.717, 1.165) is 18.8 Å². The molecule has 2 heterocycles. The van der Waals surface area contributed by atoms with Crippen LogP contribution in [-0.4, -0.2) is 45.8 Å². The number of rotatable bonds is 4. The van der Waals surface area contributed by atoms with Gasteiger partial charge in [0.25, 0.3) is 0 Å². The van der Waals surface area contributed by atoms with Crippen molar-refractivity contribution in [1.82, 2.24) is 20.1 Å². The van der Waals surface area contributed by atoms with E-state index in [1.807, 2.05) is 22.6 Å². The zero-order chi connectivity index (χ0) is 12.3. The molecule has 1 aromatic rings. The van der Waals surface area contributed by atoms with Crippen LogP contribution in [0.15, 0.2) is 12.3 Å². The number of hydrogen-bond donors (Lipinski definition) is 2. The largest absolute Gasteiger partial charge is 0.300 e. The highest BCUT2D eigenvalue weighted by molar-refractivity contribution is 7.99. The minimum Gasteiger partial charge on any atom is -0.300 e. The third-order valence-corrected chi connectivity index (χ3v) is 4.42. The fourth-order valence-electron chi connectivity index (χ4n) is 2.32. The number of nitrogens with two attached hydrogens (primary N) is 1. The summed E-state index contributed by atoms with van der Waals surface area (Å²) in [6.45, 7) is 4.10. The van der Waals surface area contributed by atoms with Crippen molar-refractivity contribution in [3.05, 3.63) is 18.0 Å². The van der Waals surface area contributed by atoms with Gasteiger partial charge in [0.2, 0.25) is 0 Å². The molecule has 1 saturated heterocycles. The van der Waals surface area contributed by atoms with Gasteiger partial charge in [0.1, 0.15) is 0 Å². The van der Waals surface area contributed by atoms with E-state index in [1.54, 1.807) is 0 Å². The predicted molar refractivity (Wildman–Crippen MR) is 71.7 cm³/mol. The minimum atomic E-state index is 0.148. The molecule has 0 radical (unpaired) electrons. The van der Waals surface area contributed by atoms with E-state index in [1.165, 1.54) is 11.4 Å². The maximum absolute atomic E-state index is 5.75. The van der Waals surface area contributed by atoms with Gasteiger partial charge < -0.3 is 0 Å². The van der Waals surface area contributed by atoms with Gasteiger partial charge in [0, 0.05) is 36.8 Å². The summed E-state index contributed by atoms with van der Waals surface area (Å²) in [7, 11) is 2.17. The average Bonchev–Trinajstić information content (AvgIpc) is 2.81. The van der Waals surface area contributed by atoms with Crippen molar-refractivity contribution in [2.45, 2.75) is 25.6 Å². The number of thioether (sulfide) groups is 1. The van der Waals surface area contributed by atoms with Crippen molar-refractivity contribution in [1.29, 1.82) is 0 Å². The van der Waals surface area contributed by atoms with Gasteiger partial charge in [-0.1, -0.05) is 0 Å². The molecule has 1 aromatic heterocycles. The molecule has 2 atom stereocenters. The SMILES string of the molecule is CCn1nccc1C(NN)C1CSCCN1C. The third kappa shape index (κ3) is 2.65. The Bertz CT molecular complexity index is 353. The maximum Gasteiger partial charge on any atom is 0.0791 e. The van der Waals surface area contributed by atoms with Crippen LogP contribution in [-0.2, 0) is 6.54 Å². The molecule has 6 heteroatoms. The molecular formula is C11H21N5S. The molecular weight excluding hydrogens is 234 g/mol. The van der Waals surface area contributed by atoms with Crippen LogP contribution in [0.2, 0.25) is 0 Å². The molecule has 1 aliphatic rings. The molecule has 2 unspecified atom stereocenters. The molecule has 0 aliphatic carbocycles. The molecule has 0 saturated carbocycles. The van der Waals surface area contributed by atoms with Crippen molar-refractivity contribution in [3.8, 4) is 0 Å². The monoisotopic (exact) mass is 255 g/mol. The van der Waals surface area contributed by atoms with Crippen LogP contribution in [0.1, 0.15) is 18.7 Å². The Morgan fingerprint density at radius 2 is 2.53 bits per heavy atom. The van der Waals surface area contributed by atoms with Crippen molar-refractivity contribution in [2.24, 2.45) is 5.84 Å². The highest BCUT2D eigenvalue weighted by atomic mass is 32.2. The Balaban J connectivity index is 2.20. The lowest BCUT2D eigenvalue weighted by molar-refractivity contribution is 0.210. The van der Waals surface area contributed by atoms with E-state index in [-0.39, 0.29) is 6.04 Å². The molecule has 0 spiro atoms. The summed E-state index contributed by atoms with van der Waals surface area (Å²) in [6.07, 6.45) is 1.85. The van der Waals surface area contributed by atoms with Crippen LogP contribution in [0.25, 0.3) is 0 Å². The van der Waals surface area contributed by atoms with E-state index < -0.39 is 0 Å². The lowest BCUT2D eigenvalue weighted by Gasteiger charge is -2.37. The highest BCUT2D eigenvalue weighted by Gasteiger charge is 2.30. The fraction of sp³-hybridized carbons (Fsp3) is 0.727. The Kier molecular flexibility index (Phi) is 4.44. The third-order valence-electron chi connectivity index (χ3n) is 3.37. The topological polar surface area (TPSA) is 59.1 Å². The van der Waals surface area contributed by atoms with Crippen molar-refractivity contribution in [3.63, 3.8) is 0 Å². The first-order valence-electron chi connectivity index (χ1n) is 6.03. The standard InChI is InChI=1S/C11H21N5S/c1-3-16-9(4-5-13-16)11(14-12)10-8-17-7-6-15(10)2/h4-5,10-11,14H,3,6-8,12H2,1-2H3. The molecule has 0 amide bonds. The van der Waals surface area contributed by atoms with E-state index in [0.29, 0.717) is 6.04 Å². The molecule has 3 N–H and O–H groups in total. The molecule has 2 rings (SSSR count). The van der Waals surface area contributed by atoms with Gasteiger partial charge in [-0.15, -0.1) is 0 Å². The number of nitrogens with one attached hydrogen (secondary N) is 1. The summed E-state index contributed by atoms with van der Waals surface area (Å²) in [5.41, 5.74) is 4.14. The first-order valence-corrected chi connectivity index (χ1v) is 7.19. The Morgan fingerprint density at radius 3 is 3.18 bits per heavy atom. The van der Waals surface area contributed by atoms with Gasteiger partial charge in [0.05, 0.1) is 11.7 Å². The summed E-state index contributed by atoms with van der Waals surface area (Å²) in [6, 6.07) is 2.64. The first kappa shape index (κ1) is 12.9. The summed E-state index contributed by atoms with van der Waals surface area (Å²) >= 11 is 1.99. The number of hydrogen-bond acceptors (Lipinski definition) is 5. The van der Waals surface area contributed by atoms with E-state index in [2.05, 4.69) is 35.5 Å². The van der Waals surface area contributed by atoms with Gasteiger partial charge in [-0.2, -0.15) is 16.9 Å². The Hall–Kier alpha value is -0.560. The van der Waals surface area contributed by atoms with Crippen LogP contribution >= 0.6 is 11.8 Å². The molecule has 5 nitrogen and oxygen atoms in total. The van der Waals surface area contributed by atoms with Crippen LogP contribution < -0.4 is 11.3 Å². The zero-order valence-corrected chi connectivity index (χ0v) is 11.3. The fourth-order valence-corrected chi connectivity index (χ4v) is 3.59. The number of likely N-dealkylation sites (N-methyl/N-ethyl adjacent to an activating group) is 1. The molecule has 96 valence electrons. The highest BCUT2D eigenvalue weighted by Crippen LogP contribution is 2.26. The Morgan fingerprint density at radius 1 is 1.71 bits per heavy atom. The Labute approximate surface area is 107 Å². The second kappa shape index (κ2) is 5.86. The number of aromatic nitrogens is 2. The summed E-state index contributed by atoms with van der Waals surface area (Å²) < 4.78 is 2.01. The van der Waals surface area contributed by atoms with Crippen molar-refractivity contribution >= 4 is 11.8 Å². The first-order chi connectivity index (χ1) is 8.27. The summed E-state index contributed by atoms with van der Waals surface area (Å²) in [4.78, 5) is 2.38. The zero-order valence-electron chi connectivity index (χ0n) is 10.5.